The molecular formula is C16H13FO3. The van der Waals surface area contributed by atoms with Crippen molar-refractivity contribution in [3.8, 4) is 5.75 Å². The van der Waals surface area contributed by atoms with Crippen molar-refractivity contribution in [2.45, 2.75) is 0 Å². The molecule has 3 nitrogen and oxygen atoms in total. The zero-order chi connectivity index (χ0) is 14.4. The Morgan fingerprint density at radius 2 is 1.95 bits per heavy atom. The van der Waals surface area contributed by atoms with Gasteiger partial charge in [0, 0.05) is 0 Å². The van der Waals surface area contributed by atoms with Gasteiger partial charge in [0.15, 0.2) is 0 Å². The molecule has 0 amide bonds. The van der Waals surface area contributed by atoms with Crippen molar-refractivity contribution in [1.82, 2.24) is 0 Å². The number of halogens is 1. The van der Waals surface area contributed by atoms with Gasteiger partial charge in [0.1, 0.15) is 23.7 Å². The summed E-state index contributed by atoms with van der Waals surface area (Å²) in [4.78, 5) is 11.0. The second kappa shape index (κ2) is 6.52. The van der Waals surface area contributed by atoms with Gasteiger partial charge in [-0.2, -0.15) is 0 Å². The predicted octanol–water partition coefficient (Wildman–Crippen LogP) is 3.62. The minimum Gasteiger partial charge on any atom is -0.489 e. The Morgan fingerprint density at radius 3 is 2.65 bits per heavy atom. The Kier molecular flexibility index (Phi) is 4.50. The summed E-state index contributed by atoms with van der Waals surface area (Å²) in [5, 5.41) is 8.96. The van der Waals surface area contributed by atoms with E-state index in [2.05, 4.69) is 0 Å². The summed E-state index contributed by atoms with van der Waals surface area (Å²) in [6.45, 7) is 0.209. The van der Waals surface area contributed by atoms with Gasteiger partial charge in [0.05, 0.1) is 0 Å². The molecule has 1 N–H and O–H groups in total. The van der Waals surface area contributed by atoms with Crippen molar-refractivity contribution in [2.75, 3.05) is 6.61 Å². The molecule has 0 saturated heterocycles. The number of rotatable bonds is 5. The predicted molar refractivity (Wildman–Crippen MR) is 74.3 cm³/mol. The molecule has 2 rings (SSSR count). The lowest BCUT2D eigenvalue weighted by atomic mass is 10.2. The molecule has 0 fully saturated rings. The Labute approximate surface area is 115 Å². The van der Waals surface area contributed by atoms with Crippen LogP contribution in [-0.4, -0.2) is 17.7 Å². The van der Waals surface area contributed by atoms with Crippen molar-refractivity contribution in [3.63, 3.8) is 0 Å². The minimum atomic E-state index is -1.22. The molecule has 0 spiro atoms. The molecule has 2 aromatic rings. The monoisotopic (exact) mass is 272 g/mol. The number of ether oxygens (including phenoxy) is 1. The summed E-state index contributed by atoms with van der Waals surface area (Å²) >= 11 is 0. The fraction of sp³-hybridized carbons (Fsp3) is 0.0625. The van der Waals surface area contributed by atoms with Crippen LogP contribution in [0.25, 0.3) is 6.08 Å². The van der Waals surface area contributed by atoms with E-state index in [0.717, 1.165) is 11.6 Å². The largest absolute Gasteiger partial charge is 0.489 e. The number of carboxylic acids is 1. The number of aromatic carboxylic acids is 1. The highest BCUT2D eigenvalue weighted by molar-refractivity contribution is 5.90. The maximum absolute atomic E-state index is 13.0. The van der Waals surface area contributed by atoms with E-state index < -0.39 is 11.8 Å². The van der Waals surface area contributed by atoms with Crippen molar-refractivity contribution in [1.29, 1.82) is 0 Å². The van der Waals surface area contributed by atoms with Gasteiger partial charge < -0.3 is 9.84 Å². The van der Waals surface area contributed by atoms with Gasteiger partial charge >= 0.3 is 5.97 Å². The smallest absolute Gasteiger partial charge is 0.339 e. The zero-order valence-corrected chi connectivity index (χ0v) is 10.6. The standard InChI is InChI=1S/C16H13FO3/c17-13-8-9-15(14(11-13)16(18)19)20-10-4-7-12-5-2-1-3-6-12/h1-9,11H,10H2,(H,18,19). The average molecular weight is 272 g/mol. The van der Waals surface area contributed by atoms with Crippen molar-refractivity contribution in [2.24, 2.45) is 0 Å². The molecule has 0 atom stereocenters. The first-order valence-electron chi connectivity index (χ1n) is 6.04. The van der Waals surface area contributed by atoms with E-state index in [1.54, 1.807) is 6.08 Å². The first-order valence-corrected chi connectivity index (χ1v) is 6.04. The average Bonchev–Trinajstić information content (AvgIpc) is 2.45. The van der Waals surface area contributed by atoms with Crippen LogP contribution in [0, 0.1) is 5.82 Å². The lowest BCUT2D eigenvalue weighted by Gasteiger charge is -2.06. The van der Waals surface area contributed by atoms with E-state index in [0.29, 0.717) is 0 Å². The van der Waals surface area contributed by atoms with E-state index >= 15 is 0 Å². The van der Waals surface area contributed by atoms with Crippen molar-refractivity contribution >= 4 is 12.0 Å². The van der Waals surface area contributed by atoms with Gasteiger partial charge in [-0.3, -0.25) is 0 Å². The van der Waals surface area contributed by atoms with Crippen LogP contribution in [0.5, 0.6) is 5.75 Å². The Hall–Kier alpha value is -2.62. The van der Waals surface area contributed by atoms with Gasteiger partial charge in [0.2, 0.25) is 0 Å². The fourth-order valence-electron chi connectivity index (χ4n) is 1.68. The van der Waals surface area contributed by atoms with E-state index in [4.69, 9.17) is 9.84 Å². The van der Waals surface area contributed by atoms with Crippen LogP contribution in [-0.2, 0) is 0 Å². The van der Waals surface area contributed by atoms with Gasteiger partial charge in [-0.15, -0.1) is 0 Å². The van der Waals surface area contributed by atoms with Crippen molar-refractivity contribution < 1.29 is 19.0 Å². The number of carboxylic acid groups (broad SMARTS) is 1. The molecule has 0 aliphatic heterocycles. The van der Waals surface area contributed by atoms with E-state index in [-0.39, 0.29) is 17.9 Å². The first-order chi connectivity index (χ1) is 9.66. The van der Waals surface area contributed by atoms with Crippen LogP contribution in [0.15, 0.2) is 54.6 Å². The summed E-state index contributed by atoms with van der Waals surface area (Å²) in [5.74, 6) is -1.67. The van der Waals surface area contributed by atoms with Crippen LogP contribution in [0.3, 0.4) is 0 Å². The minimum absolute atomic E-state index is 0.150. The lowest BCUT2D eigenvalue weighted by Crippen LogP contribution is -2.03. The third-order valence-corrected chi connectivity index (χ3v) is 2.62. The third kappa shape index (κ3) is 3.68. The summed E-state index contributed by atoms with van der Waals surface area (Å²) in [6, 6.07) is 13.1. The molecule has 0 radical (unpaired) electrons. The second-order valence-electron chi connectivity index (χ2n) is 4.07. The van der Waals surface area contributed by atoms with Crippen LogP contribution < -0.4 is 4.74 Å². The molecule has 0 unspecified atom stereocenters. The molecule has 0 saturated carbocycles. The molecule has 0 bridgehead atoms. The topological polar surface area (TPSA) is 46.5 Å². The molecule has 0 heterocycles. The molecule has 0 aromatic heterocycles. The summed E-state index contributed by atoms with van der Waals surface area (Å²) in [5.41, 5.74) is 0.840. The molecule has 0 aliphatic rings. The van der Waals surface area contributed by atoms with Crippen LogP contribution in [0.2, 0.25) is 0 Å². The van der Waals surface area contributed by atoms with Crippen LogP contribution >= 0.6 is 0 Å². The van der Waals surface area contributed by atoms with Gasteiger partial charge in [-0.25, -0.2) is 9.18 Å². The Balaban J connectivity index is 2.01. The normalized spacial score (nSPS) is 10.7. The van der Waals surface area contributed by atoms with E-state index in [1.807, 2.05) is 36.4 Å². The summed E-state index contributed by atoms with van der Waals surface area (Å²) in [7, 11) is 0. The SMILES string of the molecule is O=C(O)c1cc(F)ccc1OCC=Cc1ccccc1. The molecular weight excluding hydrogens is 259 g/mol. The lowest BCUT2D eigenvalue weighted by molar-refractivity contribution is 0.0692. The van der Waals surface area contributed by atoms with Crippen LogP contribution in [0.1, 0.15) is 15.9 Å². The molecule has 20 heavy (non-hydrogen) atoms. The third-order valence-electron chi connectivity index (χ3n) is 2.62. The first kappa shape index (κ1) is 13.8. The molecule has 0 aliphatic carbocycles. The van der Waals surface area contributed by atoms with E-state index in [9.17, 15) is 9.18 Å². The number of hydrogen-bond acceptors (Lipinski definition) is 2. The highest BCUT2D eigenvalue weighted by atomic mass is 19.1. The Bertz CT molecular complexity index is 621. The molecule has 102 valence electrons. The maximum Gasteiger partial charge on any atom is 0.339 e. The van der Waals surface area contributed by atoms with Gasteiger partial charge in [0.25, 0.3) is 0 Å². The van der Waals surface area contributed by atoms with Crippen LogP contribution in [0.4, 0.5) is 4.39 Å². The second-order valence-corrected chi connectivity index (χ2v) is 4.07. The fourth-order valence-corrected chi connectivity index (χ4v) is 1.68. The van der Waals surface area contributed by atoms with Crippen molar-refractivity contribution in [3.05, 3.63) is 71.6 Å². The molecule has 4 heteroatoms. The summed E-state index contributed by atoms with van der Waals surface area (Å²) in [6.07, 6.45) is 3.63. The highest BCUT2D eigenvalue weighted by Gasteiger charge is 2.11. The number of carbonyl (C=O) groups is 1. The Morgan fingerprint density at radius 1 is 1.20 bits per heavy atom. The maximum atomic E-state index is 13.0. The van der Waals surface area contributed by atoms with Gasteiger partial charge in [-0.1, -0.05) is 36.4 Å². The highest BCUT2D eigenvalue weighted by Crippen LogP contribution is 2.19. The van der Waals surface area contributed by atoms with E-state index in [1.165, 1.54) is 12.1 Å². The quantitative estimate of drug-likeness (QED) is 0.904. The number of hydrogen-bond donors (Lipinski definition) is 1. The summed E-state index contributed by atoms with van der Waals surface area (Å²) < 4.78 is 18.3. The number of benzene rings is 2. The zero-order valence-electron chi connectivity index (χ0n) is 10.6. The molecule has 2 aromatic carbocycles. The van der Waals surface area contributed by atoms with Gasteiger partial charge in [-0.05, 0) is 29.8 Å².